The van der Waals surface area contributed by atoms with E-state index in [0.29, 0.717) is 8.19 Å². The summed E-state index contributed by atoms with van der Waals surface area (Å²) >= 11 is 0. The molecule has 0 saturated carbocycles. The molecule has 42 valence electrons. The number of hydrogen-bond donors (Lipinski definition) is 0. The molecule has 0 spiro atoms. The maximum absolute atomic E-state index is 5.14. The Bertz CT molecular complexity index is 252. The van der Waals surface area contributed by atoms with Crippen LogP contribution < -0.4 is 0 Å². The van der Waals surface area contributed by atoms with Crippen molar-refractivity contribution in [1.82, 2.24) is 0 Å². The van der Waals surface area contributed by atoms with Crippen LogP contribution in [0.5, 0.6) is 0 Å². The molecule has 0 aromatic carbocycles. The summed E-state index contributed by atoms with van der Waals surface area (Å²) in [4.78, 5) is 0. The zero-order valence-corrected chi connectivity index (χ0v) is 5.81. The molecule has 0 N–H and O–H groups in total. The number of terminal acetylenes is 2. The van der Waals surface area contributed by atoms with Gasteiger partial charge in [0.2, 0.25) is 0 Å². The van der Waals surface area contributed by atoms with Crippen LogP contribution in [-0.4, -0.2) is 0 Å². The summed E-state index contributed by atoms with van der Waals surface area (Å²) in [5.41, 5.74) is 0. The lowest BCUT2D eigenvalue weighted by molar-refractivity contribution is 1.90. The molecule has 0 fully saturated rings. The molecule has 0 atom stereocenters. The van der Waals surface area contributed by atoms with Crippen LogP contribution in [0.3, 0.4) is 0 Å². The standard InChI is InChI=1S/C8H5P/c1-3-7-5-6-8(4-2)9-7/h1-2,5-6,9H. The summed E-state index contributed by atoms with van der Waals surface area (Å²) < 4.78 is 0. The van der Waals surface area contributed by atoms with E-state index >= 15 is 0 Å². The summed E-state index contributed by atoms with van der Waals surface area (Å²) in [5, 5.41) is 2.01. The van der Waals surface area contributed by atoms with Gasteiger partial charge in [-0.3, -0.25) is 0 Å². The van der Waals surface area contributed by atoms with Crippen molar-refractivity contribution < 1.29 is 0 Å². The number of rotatable bonds is 0. The molecule has 0 aliphatic carbocycles. The lowest BCUT2D eigenvalue weighted by atomic mass is 10.4. The zero-order chi connectivity index (χ0) is 6.69. The molecule has 1 aromatic rings. The van der Waals surface area contributed by atoms with E-state index in [4.69, 9.17) is 12.8 Å². The quantitative estimate of drug-likeness (QED) is 0.471. The highest BCUT2D eigenvalue weighted by Gasteiger charge is 1.88. The van der Waals surface area contributed by atoms with Gasteiger partial charge < -0.3 is 0 Å². The molecule has 0 saturated heterocycles. The predicted octanol–water partition coefficient (Wildman–Crippen LogP) is 1.68. The molecule has 0 amide bonds. The minimum absolute atomic E-state index is 0.541. The number of hydrogen-bond acceptors (Lipinski definition) is 0. The first-order valence-electron chi connectivity index (χ1n) is 2.49. The van der Waals surface area contributed by atoms with Gasteiger partial charge in [-0.05, 0) is 12.1 Å². The average Bonchev–Trinajstić information content (AvgIpc) is 2.34. The monoisotopic (exact) mass is 132 g/mol. The van der Waals surface area contributed by atoms with Crippen LogP contribution in [0.15, 0.2) is 12.1 Å². The third kappa shape index (κ3) is 1.17. The summed E-state index contributed by atoms with van der Waals surface area (Å²) in [7, 11) is 0.541. The fourth-order valence-electron chi connectivity index (χ4n) is 0.563. The van der Waals surface area contributed by atoms with Gasteiger partial charge in [0.15, 0.2) is 0 Å². The van der Waals surface area contributed by atoms with E-state index in [-0.39, 0.29) is 0 Å². The highest BCUT2D eigenvalue weighted by Crippen LogP contribution is 2.19. The van der Waals surface area contributed by atoms with E-state index in [1.165, 1.54) is 0 Å². The van der Waals surface area contributed by atoms with Crippen molar-refractivity contribution in [3.05, 3.63) is 22.7 Å². The molecule has 1 heteroatoms. The Morgan fingerprint density at radius 1 is 1.11 bits per heavy atom. The topological polar surface area (TPSA) is 0 Å². The van der Waals surface area contributed by atoms with Crippen LogP contribution >= 0.6 is 8.19 Å². The van der Waals surface area contributed by atoms with Crippen LogP contribution in [0.25, 0.3) is 0 Å². The van der Waals surface area contributed by atoms with Crippen LogP contribution in [0.1, 0.15) is 10.6 Å². The van der Waals surface area contributed by atoms with Crippen molar-refractivity contribution in [1.29, 1.82) is 0 Å². The highest BCUT2D eigenvalue weighted by molar-refractivity contribution is 7.32. The molecule has 0 unspecified atom stereocenters. The first-order chi connectivity index (χ1) is 4.36. The van der Waals surface area contributed by atoms with Gasteiger partial charge in [0.05, 0.1) is 0 Å². The van der Waals surface area contributed by atoms with Gasteiger partial charge in [0.25, 0.3) is 0 Å². The maximum Gasteiger partial charge on any atom is 0.0416 e. The molecule has 0 aliphatic rings. The molecular weight excluding hydrogens is 127 g/mol. The van der Waals surface area contributed by atoms with Crippen molar-refractivity contribution >= 4 is 8.19 Å². The summed E-state index contributed by atoms with van der Waals surface area (Å²) in [6, 6.07) is 3.79. The minimum atomic E-state index is 0.541. The van der Waals surface area contributed by atoms with Gasteiger partial charge in [-0.1, -0.05) is 11.8 Å². The average molecular weight is 132 g/mol. The Balaban J connectivity index is 3.08. The molecular formula is C8H5P. The fraction of sp³-hybridized carbons (Fsp3) is 0. The second kappa shape index (κ2) is 2.45. The van der Waals surface area contributed by atoms with Crippen LogP contribution in [0.4, 0.5) is 0 Å². The molecule has 1 aromatic heterocycles. The Morgan fingerprint density at radius 2 is 1.56 bits per heavy atom. The molecule has 0 aliphatic heterocycles. The fourth-order valence-corrected chi connectivity index (χ4v) is 1.33. The molecule has 0 bridgehead atoms. The van der Waals surface area contributed by atoms with E-state index in [9.17, 15) is 0 Å². The molecule has 0 nitrogen and oxygen atoms in total. The lowest BCUT2D eigenvalue weighted by Gasteiger charge is -1.73. The Morgan fingerprint density at radius 3 is 1.78 bits per heavy atom. The second-order valence-corrected chi connectivity index (χ2v) is 2.90. The summed E-state index contributed by atoms with van der Waals surface area (Å²) in [6.45, 7) is 0. The van der Waals surface area contributed by atoms with Crippen molar-refractivity contribution in [3.63, 3.8) is 0 Å². The Hall–Kier alpha value is -1.10. The van der Waals surface area contributed by atoms with E-state index in [0.717, 1.165) is 10.6 Å². The zero-order valence-electron chi connectivity index (χ0n) is 4.81. The Labute approximate surface area is 56.4 Å². The summed E-state index contributed by atoms with van der Waals surface area (Å²) in [5.74, 6) is 5.11. The van der Waals surface area contributed by atoms with Crippen LogP contribution in [0, 0.1) is 24.7 Å². The van der Waals surface area contributed by atoms with Crippen LogP contribution in [0.2, 0.25) is 0 Å². The van der Waals surface area contributed by atoms with Gasteiger partial charge in [0, 0.05) is 10.6 Å². The van der Waals surface area contributed by atoms with Crippen molar-refractivity contribution in [2.75, 3.05) is 0 Å². The smallest absolute Gasteiger partial charge is 0.0416 e. The Kier molecular flexibility index (Phi) is 1.64. The van der Waals surface area contributed by atoms with Crippen molar-refractivity contribution in [2.24, 2.45) is 0 Å². The molecule has 1 heterocycles. The van der Waals surface area contributed by atoms with Gasteiger partial charge in [-0.25, -0.2) is 0 Å². The largest absolute Gasteiger partial charge is 0.114 e. The van der Waals surface area contributed by atoms with Gasteiger partial charge in [-0.15, -0.1) is 21.0 Å². The predicted molar refractivity (Wildman–Crippen MR) is 41.8 cm³/mol. The molecule has 1 rings (SSSR count). The molecule has 9 heavy (non-hydrogen) atoms. The SMILES string of the molecule is C#Cc1ccc(C#C)[pH]1. The van der Waals surface area contributed by atoms with Crippen LogP contribution in [-0.2, 0) is 0 Å². The maximum atomic E-state index is 5.14. The van der Waals surface area contributed by atoms with Gasteiger partial charge in [0.1, 0.15) is 0 Å². The van der Waals surface area contributed by atoms with Crippen molar-refractivity contribution in [2.45, 2.75) is 0 Å². The third-order valence-corrected chi connectivity index (χ3v) is 2.16. The minimum Gasteiger partial charge on any atom is -0.114 e. The first-order valence-corrected chi connectivity index (χ1v) is 3.49. The summed E-state index contributed by atoms with van der Waals surface area (Å²) in [6.07, 6.45) is 10.3. The van der Waals surface area contributed by atoms with Gasteiger partial charge >= 0.3 is 0 Å². The van der Waals surface area contributed by atoms with E-state index in [2.05, 4.69) is 11.8 Å². The second-order valence-electron chi connectivity index (χ2n) is 1.57. The van der Waals surface area contributed by atoms with Gasteiger partial charge in [-0.2, -0.15) is 0 Å². The molecule has 0 radical (unpaired) electrons. The lowest BCUT2D eigenvalue weighted by Crippen LogP contribution is -1.49. The van der Waals surface area contributed by atoms with E-state index in [1.54, 1.807) is 0 Å². The van der Waals surface area contributed by atoms with Crippen molar-refractivity contribution in [3.8, 4) is 24.7 Å². The highest BCUT2D eigenvalue weighted by atomic mass is 31.0. The first kappa shape index (κ1) is 6.03. The van der Waals surface area contributed by atoms with E-state index < -0.39 is 0 Å². The third-order valence-electron chi connectivity index (χ3n) is 0.997. The van der Waals surface area contributed by atoms with E-state index in [1.807, 2.05) is 12.1 Å². The normalized spacial score (nSPS) is 7.78.